The highest BCUT2D eigenvalue weighted by atomic mass is 32.1. The monoisotopic (exact) mass is 304 g/mol. The van der Waals surface area contributed by atoms with Crippen LogP contribution in [0.4, 0.5) is 10.8 Å². The van der Waals surface area contributed by atoms with E-state index in [4.69, 9.17) is 4.74 Å². The number of benzene rings is 1. The molecule has 1 aromatic carbocycles. The molecule has 1 N–H and O–H groups in total. The smallest absolute Gasteiger partial charge is 0.357 e. The van der Waals surface area contributed by atoms with Crippen LogP contribution < -0.4 is 5.32 Å². The molecule has 2 aromatic heterocycles. The van der Waals surface area contributed by atoms with Gasteiger partial charge in [0, 0.05) is 15.3 Å². The average molecular weight is 304 g/mol. The number of hydrogen-bond donors (Lipinski definition) is 1. The zero-order chi connectivity index (χ0) is 14.1. The van der Waals surface area contributed by atoms with E-state index in [1.54, 1.807) is 11.3 Å². The standard InChI is InChI=1S/C14H12N2O2S2/c1-8-12(13(17)18-2)16-14(20-8)15-10-3-4-11-9(7-10)5-6-19-11/h3-7H,1-2H3,(H,15,16). The van der Waals surface area contributed by atoms with Crippen molar-refractivity contribution in [2.45, 2.75) is 6.92 Å². The van der Waals surface area contributed by atoms with Crippen molar-refractivity contribution in [3.05, 3.63) is 40.2 Å². The number of methoxy groups -OCH3 is 1. The molecule has 0 aliphatic carbocycles. The number of rotatable bonds is 3. The second-order valence-electron chi connectivity index (χ2n) is 4.21. The highest BCUT2D eigenvalue weighted by Gasteiger charge is 2.15. The molecule has 6 heteroatoms. The number of aryl methyl sites for hydroxylation is 1. The molecule has 102 valence electrons. The number of carbonyl (C=O) groups is 1. The summed E-state index contributed by atoms with van der Waals surface area (Å²) in [5.41, 5.74) is 1.33. The van der Waals surface area contributed by atoms with Crippen molar-refractivity contribution in [1.29, 1.82) is 0 Å². The fourth-order valence-electron chi connectivity index (χ4n) is 1.90. The number of hydrogen-bond acceptors (Lipinski definition) is 6. The van der Waals surface area contributed by atoms with Crippen molar-refractivity contribution in [2.24, 2.45) is 0 Å². The lowest BCUT2D eigenvalue weighted by Crippen LogP contribution is -2.03. The maximum absolute atomic E-state index is 11.5. The van der Waals surface area contributed by atoms with Crippen LogP contribution in [0, 0.1) is 6.92 Å². The number of anilines is 2. The number of thiazole rings is 1. The molecule has 0 aliphatic heterocycles. The van der Waals surface area contributed by atoms with Gasteiger partial charge < -0.3 is 10.1 Å². The Labute approximate surface area is 124 Å². The van der Waals surface area contributed by atoms with Crippen LogP contribution in [0.3, 0.4) is 0 Å². The number of aromatic nitrogens is 1. The predicted molar refractivity (Wildman–Crippen MR) is 83.3 cm³/mol. The summed E-state index contributed by atoms with van der Waals surface area (Å²) in [6, 6.07) is 8.23. The highest BCUT2D eigenvalue weighted by molar-refractivity contribution is 7.17. The molecular weight excluding hydrogens is 292 g/mol. The van der Waals surface area contributed by atoms with E-state index >= 15 is 0 Å². The number of ether oxygens (including phenoxy) is 1. The Morgan fingerprint density at radius 2 is 2.20 bits per heavy atom. The summed E-state index contributed by atoms with van der Waals surface area (Å²) in [5, 5.41) is 7.19. The third-order valence-electron chi connectivity index (χ3n) is 2.88. The van der Waals surface area contributed by atoms with Crippen LogP contribution >= 0.6 is 22.7 Å². The van der Waals surface area contributed by atoms with Gasteiger partial charge >= 0.3 is 5.97 Å². The van der Waals surface area contributed by atoms with Crippen molar-refractivity contribution in [3.63, 3.8) is 0 Å². The third kappa shape index (κ3) is 2.39. The van der Waals surface area contributed by atoms with Crippen LogP contribution in [0.1, 0.15) is 15.4 Å². The fourth-order valence-corrected chi connectivity index (χ4v) is 3.50. The topological polar surface area (TPSA) is 51.2 Å². The molecule has 0 aliphatic rings. The maximum Gasteiger partial charge on any atom is 0.357 e. The quantitative estimate of drug-likeness (QED) is 0.737. The molecule has 0 bridgehead atoms. The Balaban J connectivity index is 1.88. The second-order valence-corrected chi connectivity index (χ2v) is 6.36. The van der Waals surface area contributed by atoms with Crippen LogP contribution in [-0.2, 0) is 4.74 Å². The van der Waals surface area contributed by atoms with Gasteiger partial charge in [-0.05, 0) is 42.0 Å². The molecule has 0 unspecified atom stereocenters. The van der Waals surface area contributed by atoms with Gasteiger partial charge in [-0.3, -0.25) is 0 Å². The molecule has 2 heterocycles. The van der Waals surface area contributed by atoms with Crippen LogP contribution in [0.2, 0.25) is 0 Å². The van der Waals surface area contributed by atoms with Crippen molar-refractivity contribution >= 4 is 49.5 Å². The van der Waals surface area contributed by atoms with Crippen molar-refractivity contribution < 1.29 is 9.53 Å². The Kier molecular flexibility index (Phi) is 3.42. The maximum atomic E-state index is 11.5. The number of nitrogens with zero attached hydrogens (tertiary/aromatic N) is 1. The van der Waals surface area contributed by atoms with Gasteiger partial charge in [0.25, 0.3) is 0 Å². The first-order chi connectivity index (χ1) is 9.67. The lowest BCUT2D eigenvalue weighted by molar-refractivity contribution is 0.0594. The summed E-state index contributed by atoms with van der Waals surface area (Å²) in [6.07, 6.45) is 0. The first kappa shape index (κ1) is 13.1. The Bertz CT molecular complexity index is 776. The second kappa shape index (κ2) is 5.22. The van der Waals surface area contributed by atoms with E-state index in [-0.39, 0.29) is 0 Å². The van der Waals surface area contributed by atoms with Crippen molar-refractivity contribution in [1.82, 2.24) is 4.98 Å². The molecule has 0 saturated carbocycles. The summed E-state index contributed by atoms with van der Waals surface area (Å²) < 4.78 is 5.96. The lowest BCUT2D eigenvalue weighted by Gasteiger charge is -2.02. The van der Waals surface area contributed by atoms with Gasteiger partial charge in [-0.15, -0.1) is 22.7 Å². The van der Waals surface area contributed by atoms with E-state index in [0.717, 1.165) is 10.6 Å². The average Bonchev–Trinajstić information content (AvgIpc) is 3.04. The van der Waals surface area contributed by atoms with E-state index in [2.05, 4.69) is 33.9 Å². The number of nitrogens with one attached hydrogen (secondary N) is 1. The van der Waals surface area contributed by atoms with E-state index in [1.807, 2.05) is 13.0 Å². The van der Waals surface area contributed by atoms with Gasteiger partial charge in [-0.1, -0.05) is 0 Å². The van der Waals surface area contributed by atoms with Gasteiger partial charge in [0.2, 0.25) is 0 Å². The van der Waals surface area contributed by atoms with Gasteiger partial charge in [-0.2, -0.15) is 0 Å². The molecule has 3 aromatic rings. The summed E-state index contributed by atoms with van der Waals surface area (Å²) >= 11 is 3.15. The Hall–Kier alpha value is -1.92. The first-order valence-electron chi connectivity index (χ1n) is 5.97. The predicted octanol–water partition coefficient (Wildman–Crippen LogP) is 4.20. The van der Waals surface area contributed by atoms with Gasteiger partial charge in [-0.25, -0.2) is 9.78 Å². The first-order valence-corrected chi connectivity index (χ1v) is 7.67. The lowest BCUT2D eigenvalue weighted by atomic mass is 10.2. The minimum absolute atomic E-state index is 0.372. The van der Waals surface area contributed by atoms with E-state index in [9.17, 15) is 4.79 Å². The van der Waals surface area contributed by atoms with Gasteiger partial charge in [0.05, 0.1) is 7.11 Å². The molecule has 0 radical (unpaired) electrons. The largest absolute Gasteiger partial charge is 0.464 e. The van der Waals surface area contributed by atoms with Gasteiger partial charge in [0.15, 0.2) is 10.8 Å². The number of thiophene rings is 1. The van der Waals surface area contributed by atoms with Crippen LogP contribution in [-0.4, -0.2) is 18.1 Å². The molecule has 20 heavy (non-hydrogen) atoms. The molecule has 4 nitrogen and oxygen atoms in total. The van der Waals surface area contributed by atoms with Crippen LogP contribution in [0.5, 0.6) is 0 Å². The van der Waals surface area contributed by atoms with Crippen LogP contribution in [0.15, 0.2) is 29.6 Å². The summed E-state index contributed by atoms with van der Waals surface area (Å²) in [7, 11) is 1.36. The van der Waals surface area contributed by atoms with Gasteiger partial charge in [0.1, 0.15) is 0 Å². The van der Waals surface area contributed by atoms with E-state index < -0.39 is 5.97 Å². The zero-order valence-corrected chi connectivity index (χ0v) is 12.6. The molecule has 3 rings (SSSR count). The summed E-state index contributed by atoms with van der Waals surface area (Å²) in [6.45, 7) is 1.86. The summed E-state index contributed by atoms with van der Waals surface area (Å²) in [5.74, 6) is -0.403. The van der Waals surface area contributed by atoms with Crippen LogP contribution in [0.25, 0.3) is 10.1 Å². The van der Waals surface area contributed by atoms with Crippen molar-refractivity contribution in [3.8, 4) is 0 Å². The summed E-state index contributed by atoms with van der Waals surface area (Å²) in [4.78, 5) is 16.7. The molecular formula is C14H12N2O2S2. The zero-order valence-electron chi connectivity index (χ0n) is 11.0. The third-order valence-corrected chi connectivity index (χ3v) is 4.66. The Morgan fingerprint density at radius 1 is 1.35 bits per heavy atom. The molecule has 0 saturated heterocycles. The minimum Gasteiger partial charge on any atom is -0.464 e. The molecule has 0 fully saturated rings. The normalized spacial score (nSPS) is 10.7. The molecule has 0 amide bonds. The Morgan fingerprint density at radius 3 is 3.00 bits per heavy atom. The van der Waals surface area contributed by atoms with Crippen molar-refractivity contribution in [2.75, 3.05) is 12.4 Å². The molecule has 0 atom stereocenters. The number of fused-ring (bicyclic) bond motifs is 1. The van der Waals surface area contributed by atoms with E-state index in [0.29, 0.717) is 10.8 Å². The number of carbonyl (C=O) groups excluding carboxylic acids is 1. The van der Waals surface area contributed by atoms with E-state index in [1.165, 1.54) is 28.5 Å². The fraction of sp³-hybridized carbons (Fsp3) is 0.143. The highest BCUT2D eigenvalue weighted by Crippen LogP contribution is 2.29. The molecule has 0 spiro atoms. The number of esters is 1. The minimum atomic E-state index is -0.403. The SMILES string of the molecule is COC(=O)c1nc(Nc2ccc3sccc3c2)sc1C.